The van der Waals surface area contributed by atoms with E-state index in [1.54, 1.807) is 31.2 Å². The largest absolute Gasteiger partial charge is 0.491 e. The molecule has 3 heterocycles. The van der Waals surface area contributed by atoms with Crippen molar-refractivity contribution >= 4 is 5.65 Å². The Hall–Kier alpha value is -3.93. The highest BCUT2D eigenvalue weighted by atomic mass is 16.5. The van der Waals surface area contributed by atoms with Gasteiger partial charge in [-0.15, -0.1) is 15.3 Å². The molecule has 0 radical (unpaired) electrons. The summed E-state index contributed by atoms with van der Waals surface area (Å²) in [6.07, 6.45) is 0. The molecule has 9 nitrogen and oxygen atoms in total. The smallest absolute Gasteiger partial charge is 0.275 e. The summed E-state index contributed by atoms with van der Waals surface area (Å²) in [5.41, 5.74) is 2.28. The highest BCUT2D eigenvalue weighted by Gasteiger charge is 2.18. The zero-order chi connectivity index (χ0) is 18.8. The van der Waals surface area contributed by atoms with Gasteiger partial charge in [0.05, 0.1) is 18.7 Å². The van der Waals surface area contributed by atoms with Crippen LogP contribution < -0.4 is 9.47 Å². The van der Waals surface area contributed by atoms with Crippen molar-refractivity contribution in [2.45, 2.75) is 13.5 Å². The minimum absolute atomic E-state index is 0.166. The number of methoxy groups -OCH3 is 1. The molecule has 0 unspecified atom stereocenters. The molecule has 0 aliphatic heterocycles. The molecule has 0 spiro atoms. The van der Waals surface area contributed by atoms with Crippen LogP contribution in [0.5, 0.6) is 11.6 Å². The van der Waals surface area contributed by atoms with Crippen molar-refractivity contribution in [2.75, 3.05) is 7.11 Å². The summed E-state index contributed by atoms with van der Waals surface area (Å²) in [5, 5.41) is 25.8. The molecule has 27 heavy (non-hydrogen) atoms. The number of nitrogens with zero attached hydrogens (tertiary/aromatic N) is 6. The van der Waals surface area contributed by atoms with Crippen LogP contribution in [-0.2, 0) is 6.61 Å². The number of fused-ring (bicyclic) bond motifs is 1. The molecule has 1 aromatic carbocycles. The third-order valence-electron chi connectivity index (χ3n) is 3.91. The number of rotatable bonds is 5. The molecule has 134 valence electrons. The van der Waals surface area contributed by atoms with Crippen LogP contribution in [0.1, 0.15) is 16.9 Å². The minimum Gasteiger partial charge on any atom is -0.491 e. The Morgan fingerprint density at radius 2 is 2.07 bits per heavy atom. The van der Waals surface area contributed by atoms with E-state index in [4.69, 9.17) is 14.0 Å². The van der Waals surface area contributed by atoms with Gasteiger partial charge in [-0.05, 0) is 13.0 Å². The molecule has 0 amide bonds. The molecule has 0 atom stereocenters. The average molecular weight is 362 g/mol. The SMILES string of the molecule is COc1cc2nnc(-c3cc(C)on3)n2nc1OCc1ccccc1C#N. The first-order chi connectivity index (χ1) is 13.2. The molecular formula is C18H14N6O3. The zero-order valence-electron chi connectivity index (χ0n) is 14.6. The van der Waals surface area contributed by atoms with E-state index >= 15 is 0 Å². The van der Waals surface area contributed by atoms with Gasteiger partial charge in [-0.1, -0.05) is 23.4 Å². The summed E-state index contributed by atoms with van der Waals surface area (Å²) < 4.78 is 17.8. The van der Waals surface area contributed by atoms with Crippen LogP contribution in [0.3, 0.4) is 0 Å². The lowest BCUT2D eigenvalue weighted by molar-refractivity contribution is 0.267. The Bertz CT molecular complexity index is 1160. The van der Waals surface area contributed by atoms with Crippen LogP contribution in [0.4, 0.5) is 0 Å². The van der Waals surface area contributed by atoms with Crippen LogP contribution in [-0.4, -0.2) is 32.1 Å². The Morgan fingerprint density at radius 3 is 2.81 bits per heavy atom. The second-order valence-electron chi connectivity index (χ2n) is 5.69. The van der Waals surface area contributed by atoms with Crippen LogP contribution >= 0.6 is 0 Å². The Balaban J connectivity index is 1.72. The number of aromatic nitrogens is 5. The molecule has 0 fully saturated rings. The lowest BCUT2D eigenvalue weighted by Gasteiger charge is -2.10. The second-order valence-corrected chi connectivity index (χ2v) is 5.69. The first-order valence-electron chi connectivity index (χ1n) is 8.04. The molecule has 9 heteroatoms. The number of aryl methyl sites for hydroxylation is 1. The van der Waals surface area contributed by atoms with E-state index < -0.39 is 0 Å². The molecule has 0 saturated heterocycles. The van der Waals surface area contributed by atoms with Gasteiger partial charge in [0, 0.05) is 17.7 Å². The van der Waals surface area contributed by atoms with E-state index in [9.17, 15) is 5.26 Å². The number of ether oxygens (including phenoxy) is 2. The summed E-state index contributed by atoms with van der Waals surface area (Å²) >= 11 is 0. The van der Waals surface area contributed by atoms with Crippen molar-refractivity contribution in [1.82, 2.24) is 25.0 Å². The predicted molar refractivity (Wildman–Crippen MR) is 93.1 cm³/mol. The quantitative estimate of drug-likeness (QED) is 0.532. The first kappa shape index (κ1) is 16.5. The number of benzene rings is 1. The van der Waals surface area contributed by atoms with Gasteiger partial charge < -0.3 is 14.0 Å². The summed E-state index contributed by atoms with van der Waals surface area (Å²) in [6.45, 7) is 1.95. The van der Waals surface area contributed by atoms with Crippen molar-refractivity contribution in [2.24, 2.45) is 0 Å². The van der Waals surface area contributed by atoms with Gasteiger partial charge in [-0.3, -0.25) is 0 Å². The van der Waals surface area contributed by atoms with Crippen LogP contribution in [0.15, 0.2) is 40.9 Å². The summed E-state index contributed by atoms with van der Waals surface area (Å²) in [4.78, 5) is 0. The molecule has 4 rings (SSSR count). The lowest BCUT2D eigenvalue weighted by atomic mass is 10.1. The molecule has 0 N–H and O–H groups in total. The number of hydrogen-bond acceptors (Lipinski definition) is 8. The third kappa shape index (κ3) is 3.04. The summed E-state index contributed by atoms with van der Waals surface area (Å²) in [5.74, 6) is 1.73. The van der Waals surface area contributed by atoms with Crippen molar-refractivity contribution in [3.05, 3.63) is 53.3 Å². The molecule has 0 aliphatic rings. The normalized spacial score (nSPS) is 10.7. The minimum atomic E-state index is 0.166. The van der Waals surface area contributed by atoms with Gasteiger partial charge in [0.25, 0.3) is 5.88 Å². The summed E-state index contributed by atoms with van der Waals surface area (Å²) in [6, 6.07) is 12.8. The van der Waals surface area contributed by atoms with E-state index in [-0.39, 0.29) is 12.5 Å². The fourth-order valence-electron chi connectivity index (χ4n) is 2.58. The fraction of sp³-hybridized carbons (Fsp3) is 0.167. The topological polar surface area (TPSA) is 111 Å². The van der Waals surface area contributed by atoms with Crippen LogP contribution in [0.2, 0.25) is 0 Å². The Kier molecular flexibility index (Phi) is 4.14. The maximum Gasteiger partial charge on any atom is 0.275 e. The van der Waals surface area contributed by atoms with E-state index in [0.717, 1.165) is 5.56 Å². The standard InChI is InChI=1S/C18H14N6O3/c1-11-7-14(23-27-11)17-21-20-16-8-15(25-2)18(22-24(16)17)26-10-13-6-4-3-5-12(13)9-19/h3-8H,10H2,1-2H3. The summed E-state index contributed by atoms with van der Waals surface area (Å²) in [7, 11) is 1.52. The van der Waals surface area contributed by atoms with Crippen LogP contribution in [0, 0.1) is 18.3 Å². The number of hydrogen-bond donors (Lipinski definition) is 0. The lowest BCUT2D eigenvalue weighted by Crippen LogP contribution is -2.05. The van der Waals surface area contributed by atoms with Gasteiger partial charge in [-0.25, -0.2) is 0 Å². The highest BCUT2D eigenvalue weighted by Crippen LogP contribution is 2.28. The second kappa shape index (κ2) is 6.76. The molecule has 4 aromatic rings. The fourth-order valence-corrected chi connectivity index (χ4v) is 2.58. The maximum absolute atomic E-state index is 9.21. The maximum atomic E-state index is 9.21. The highest BCUT2D eigenvalue weighted by molar-refractivity contribution is 5.57. The van der Waals surface area contributed by atoms with Gasteiger partial charge in [0.15, 0.2) is 17.1 Å². The van der Waals surface area contributed by atoms with Crippen molar-refractivity contribution in [3.8, 4) is 29.2 Å². The van der Waals surface area contributed by atoms with E-state index in [0.29, 0.717) is 34.2 Å². The van der Waals surface area contributed by atoms with Gasteiger partial charge in [0.1, 0.15) is 12.4 Å². The van der Waals surface area contributed by atoms with Crippen molar-refractivity contribution in [3.63, 3.8) is 0 Å². The predicted octanol–water partition coefficient (Wildman–Crippen LogP) is 2.55. The van der Waals surface area contributed by atoms with Gasteiger partial charge >= 0.3 is 0 Å². The van der Waals surface area contributed by atoms with E-state index in [1.165, 1.54) is 11.6 Å². The van der Waals surface area contributed by atoms with Crippen LogP contribution in [0.25, 0.3) is 17.2 Å². The molecule has 3 aromatic heterocycles. The monoisotopic (exact) mass is 362 g/mol. The molecular weight excluding hydrogens is 348 g/mol. The Morgan fingerprint density at radius 1 is 1.22 bits per heavy atom. The van der Waals surface area contributed by atoms with Crippen molar-refractivity contribution < 1.29 is 14.0 Å². The van der Waals surface area contributed by atoms with E-state index in [1.807, 2.05) is 12.1 Å². The number of nitriles is 1. The average Bonchev–Trinajstić information content (AvgIpc) is 3.31. The Labute approximate surface area is 153 Å². The van der Waals surface area contributed by atoms with E-state index in [2.05, 4.69) is 26.5 Å². The molecule has 0 aliphatic carbocycles. The zero-order valence-corrected chi connectivity index (χ0v) is 14.6. The van der Waals surface area contributed by atoms with Crippen molar-refractivity contribution in [1.29, 1.82) is 5.26 Å². The van der Waals surface area contributed by atoms with Gasteiger partial charge in [0.2, 0.25) is 5.82 Å². The molecule has 0 bridgehead atoms. The third-order valence-corrected chi connectivity index (χ3v) is 3.91. The van der Waals surface area contributed by atoms with Gasteiger partial charge in [-0.2, -0.15) is 9.78 Å². The first-order valence-corrected chi connectivity index (χ1v) is 8.04. The molecule has 0 saturated carbocycles.